The lowest BCUT2D eigenvalue weighted by atomic mass is 9.61. The van der Waals surface area contributed by atoms with E-state index in [0.717, 1.165) is 54.7 Å². The molecular weight excluding hydrogens is 403 g/mol. The zero-order chi connectivity index (χ0) is 22.8. The number of rotatable bonds is 4. The fraction of sp³-hybridized carbons (Fsp3) is 0.519. The van der Waals surface area contributed by atoms with E-state index in [2.05, 4.69) is 44.7 Å². The number of benzene rings is 2. The standard InChI is InChI=1S/C27H33FN2O2/c1-16-9-20(30-8-7-17-10-19(28)6-5-18(17)14-30)11-22(27-12-21(13-27)32-15-27)23(16)24(25(29)31)26(2,3)4/h5-6,9-11,21,24H,7-8,12-15H2,1-4H3,(H2,29,31). The van der Waals surface area contributed by atoms with Crippen LogP contribution in [0.25, 0.3) is 0 Å². The van der Waals surface area contributed by atoms with Gasteiger partial charge in [0.2, 0.25) is 5.91 Å². The van der Waals surface area contributed by atoms with E-state index in [1.807, 2.05) is 6.07 Å². The molecule has 3 heterocycles. The van der Waals surface area contributed by atoms with E-state index in [9.17, 15) is 9.18 Å². The van der Waals surface area contributed by atoms with E-state index in [-0.39, 0.29) is 28.5 Å². The second kappa shape index (κ2) is 7.31. The smallest absolute Gasteiger partial charge is 0.225 e. The fourth-order valence-electron chi connectivity index (χ4n) is 6.15. The molecule has 3 aliphatic heterocycles. The van der Waals surface area contributed by atoms with Crippen molar-refractivity contribution in [2.45, 2.75) is 70.9 Å². The number of halogens is 1. The minimum Gasteiger partial charge on any atom is -0.377 e. The predicted molar refractivity (Wildman–Crippen MR) is 124 cm³/mol. The van der Waals surface area contributed by atoms with Crippen LogP contribution in [-0.2, 0) is 27.9 Å². The molecule has 4 aliphatic rings. The number of amides is 1. The number of carbonyl (C=O) groups is 1. The third kappa shape index (κ3) is 3.42. The van der Waals surface area contributed by atoms with E-state index in [1.165, 1.54) is 11.1 Å². The highest BCUT2D eigenvalue weighted by molar-refractivity contribution is 5.84. The highest BCUT2D eigenvalue weighted by Crippen LogP contribution is 2.55. The zero-order valence-corrected chi connectivity index (χ0v) is 19.5. The van der Waals surface area contributed by atoms with Crippen molar-refractivity contribution in [2.75, 3.05) is 18.1 Å². The maximum atomic E-state index is 13.7. The van der Waals surface area contributed by atoms with Crippen molar-refractivity contribution in [3.63, 3.8) is 0 Å². The molecule has 1 amide bonds. The van der Waals surface area contributed by atoms with Crippen LogP contribution < -0.4 is 10.6 Å². The summed E-state index contributed by atoms with van der Waals surface area (Å²) in [6.45, 7) is 10.7. The number of aryl methyl sites for hydroxylation is 1. The van der Waals surface area contributed by atoms with Crippen LogP contribution in [0, 0.1) is 18.2 Å². The highest BCUT2D eigenvalue weighted by Gasteiger charge is 2.55. The van der Waals surface area contributed by atoms with Crippen molar-refractivity contribution in [1.29, 1.82) is 0 Å². The van der Waals surface area contributed by atoms with Crippen molar-refractivity contribution >= 4 is 11.6 Å². The second-order valence-electron chi connectivity index (χ2n) is 11.1. The van der Waals surface area contributed by atoms with Gasteiger partial charge in [0, 0.05) is 24.2 Å². The van der Waals surface area contributed by atoms with E-state index in [0.29, 0.717) is 12.7 Å². The van der Waals surface area contributed by atoms with Gasteiger partial charge in [0.05, 0.1) is 18.6 Å². The minimum absolute atomic E-state index is 0.0173. The van der Waals surface area contributed by atoms with Crippen molar-refractivity contribution in [3.8, 4) is 0 Å². The van der Waals surface area contributed by atoms with Gasteiger partial charge in [-0.25, -0.2) is 4.39 Å². The molecule has 1 unspecified atom stereocenters. The number of primary amides is 1. The Bertz CT molecular complexity index is 1080. The van der Waals surface area contributed by atoms with Crippen LogP contribution in [0.3, 0.4) is 0 Å². The Morgan fingerprint density at radius 1 is 1.22 bits per heavy atom. The van der Waals surface area contributed by atoms with Crippen molar-refractivity contribution < 1.29 is 13.9 Å². The van der Waals surface area contributed by atoms with E-state index < -0.39 is 0 Å². The molecule has 170 valence electrons. The molecule has 1 atom stereocenters. The Hall–Kier alpha value is -2.40. The highest BCUT2D eigenvalue weighted by atomic mass is 19.1. The number of nitrogens with two attached hydrogens (primary N) is 1. The van der Waals surface area contributed by atoms with Gasteiger partial charge in [-0.2, -0.15) is 0 Å². The summed E-state index contributed by atoms with van der Waals surface area (Å²) in [5.74, 6) is -0.792. The fourth-order valence-corrected chi connectivity index (χ4v) is 6.15. The molecule has 2 bridgehead atoms. The molecule has 32 heavy (non-hydrogen) atoms. The number of nitrogens with zero attached hydrogens (tertiary/aromatic N) is 1. The first-order chi connectivity index (χ1) is 15.1. The SMILES string of the molecule is Cc1cc(N2CCc3cc(F)ccc3C2)cc(C23COC(C2)C3)c1C(C(N)=O)C(C)(C)C. The predicted octanol–water partition coefficient (Wildman–Crippen LogP) is 4.74. The molecule has 2 aromatic carbocycles. The Morgan fingerprint density at radius 2 is 1.97 bits per heavy atom. The number of hydrogen-bond acceptors (Lipinski definition) is 3. The Kier molecular flexibility index (Phi) is 4.90. The van der Waals surface area contributed by atoms with Gasteiger partial charge >= 0.3 is 0 Å². The maximum Gasteiger partial charge on any atom is 0.225 e. The average molecular weight is 437 g/mol. The summed E-state index contributed by atoms with van der Waals surface area (Å²) in [4.78, 5) is 15.1. The lowest BCUT2D eigenvalue weighted by molar-refractivity contribution is -0.121. The molecule has 3 fully saturated rings. The normalized spacial score (nSPS) is 25.3. The summed E-state index contributed by atoms with van der Waals surface area (Å²) in [7, 11) is 0. The molecule has 2 saturated heterocycles. The van der Waals surface area contributed by atoms with Crippen LogP contribution in [0.2, 0.25) is 0 Å². The summed E-state index contributed by atoms with van der Waals surface area (Å²) in [5.41, 5.74) is 12.6. The van der Waals surface area contributed by atoms with Crippen LogP contribution in [-0.4, -0.2) is 25.2 Å². The van der Waals surface area contributed by atoms with Gasteiger partial charge in [-0.05, 0) is 83.7 Å². The summed E-state index contributed by atoms with van der Waals surface area (Å²) in [6.07, 6.45) is 3.19. The van der Waals surface area contributed by atoms with Gasteiger partial charge in [0.1, 0.15) is 5.82 Å². The first-order valence-corrected chi connectivity index (χ1v) is 11.7. The zero-order valence-electron chi connectivity index (χ0n) is 19.5. The Balaban J connectivity index is 1.60. The van der Waals surface area contributed by atoms with E-state index in [1.54, 1.807) is 12.1 Å². The van der Waals surface area contributed by atoms with Gasteiger partial charge in [-0.3, -0.25) is 4.79 Å². The molecule has 0 radical (unpaired) electrons. The quantitative estimate of drug-likeness (QED) is 0.753. The molecule has 0 aromatic heterocycles. The number of ether oxygens (including phenoxy) is 1. The number of hydrogen-bond donors (Lipinski definition) is 1. The summed E-state index contributed by atoms with van der Waals surface area (Å²) in [5, 5.41) is 0. The van der Waals surface area contributed by atoms with Gasteiger partial charge in [0.15, 0.2) is 0 Å². The van der Waals surface area contributed by atoms with Crippen LogP contribution in [0.4, 0.5) is 10.1 Å². The maximum absolute atomic E-state index is 13.7. The van der Waals surface area contributed by atoms with Gasteiger partial charge < -0.3 is 15.4 Å². The largest absolute Gasteiger partial charge is 0.377 e. The van der Waals surface area contributed by atoms with Crippen molar-refractivity contribution in [2.24, 2.45) is 11.1 Å². The molecule has 5 heteroatoms. The van der Waals surface area contributed by atoms with Gasteiger partial charge in [-0.15, -0.1) is 0 Å². The van der Waals surface area contributed by atoms with Crippen LogP contribution in [0.1, 0.15) is 67.3 Å². The molecule has 2 N–H and O–H groups in total. The van der Waals surface area contributed by atoms with Crippen LogP contribution >= 0.6 is 0 Å². The summed E-state index contributed by atoms with van der Waals surface area (Å²) in [6, 6.07) is 9.62. The first-order valence-electron chi connectivity index (χ1n) is 11.7. The topological polar surface area (TPSA) is 55.6 Å². The van der Waals surface area contributed by atoms with Gasteiger partial charge in [-0.1, -0.05) is 26.8 Å². The average Bonchev–Trinajstić information content (AvgIpc) is 3.29. The third-order valence-corrected chi connectivity index (χ3v) is 7.76. The van der Waals surface area contributed by atoms with E-state index >= 15 is 0 Å². The Labute approximate surface area is 189 Å². The van der Waals surface area contributed by atoms with Crippen molar-refractivity contribution in [1.82, 2.24) is 0 Å². The lowest BCUT2D eigenvalue weighted by Gasteiger charge is -2.42. The molecule has 0 spiro atoms. The molecule has 6 rings (SSSR count). The molecule has 4 nitrogen and oxygen atoms in total. The molecule has 2 aromatic rings. The molecule has 1 saturated carbocycles. The van der Waals surface area contributed by atoms with Crippen LogP contribution in [0.5, 0.6) is 0 Å². The monoisotopic (exact) mass is 436 g/mol. The first kappa shape index (κ1) is 21.4. The second-order valence-corrected chi connectivity index (χ2v) is 11.1. The summed E-state index contributed by atoms with van der Waals surface area (Å²) < 4.78 is 19.6. The number of fused-ring (bicyclic) bond motifs is 2. The third-order valence-electron chi connectivity index (χ3n) is 7.76. The lowest BCUT2D eigenvalue weighted by Crippen LogP contribution is -2.41. The molecule has 1 aliphatic carbocycles. The number of carbonyl (C=O) groups excluding carboxylic acids is 1. The van der Waals surface area contributed by atoms with Crippen molar-refractivity contribution in [3.05, 3.63) is 64.0 Å². The Morgan fingerprint density at radius 3 is 2.59 bits per heavy atom. The summed E-state index contributed by atoms with van der Waals surface area (Å²) >= 11 is 0. The van der Waals surface area contributed by atoms with Gasteiger partial charge in [0.25, 0.3) is 0 Å². The molecular formula is C27H33FN2O2. The van der Waals surface area contributed by atoms with Crippen LogP contribution in [0.15, 0.2) is 30.3 Å². The minimum atomic E-state index is -0.356. The number of anilines is 1. The van der Waals surface area contributed by atoms with E-state index in [4.69, 9.17) is 10.5 Å².